The van der Waals surface area contributed by atoms with Crippen LogP contribution in [-0.2, 0) is 10.0 Å². The fraction of sp³-hybridized carbons (Fsp3) is 0.636. The van der Waals surface area contributed by atoms with E-state index in [2.05, 4.69) is 4.98 Å². The van der Waals surface area contributed by atoms with E-state index in [1.807, 2.05) is 11.9 Å². The van der Waals surface area contributed by atoms with Gasteiger partial charge in [-0.3, -0.25) is 9.78 Å². The molecule has 0 unspecified atom stereocenters. The summed E-state index contributed by atoms with van der Waals surface area (Å²) in [5, 5.41) is 0. The topological polar surface area (TPSA) is 103 Å². The molecule has 1 aliphatic rings. The summed E-state index contributed by atoms with van der Waals surface area (Å²) in [6.45, 7) is 3.64. The fourth-order valence-electron chi connectivity index (χ4n) is 2.45. The molecule has 8 heteroatoms. The number of H-pyrrole nitrogens is 2. The molecule has 7 nitrogen and oxygen atoms in total. The van der Waals surface area contributed by atoms with Crippen LogP contribution in [0.3, 0.4) is 0 Å². The van der Waals surface area contributed by atoms with Gasteiger partial charge in [0.25, 0.3) is 15.6 Å². The van der Waals surface area contributed by atoms with E-state index in [0.29, 0.717) is 6.54 Å². The van der Waals surface area contributed by atoms with Gasteiger partial charge in [-0.2, -0.15) is 4.31 Å². The SMILES string of the molecule is Cc1[nH]c(=O)[nH]c(=O)c1S(=O)(=O)N1CCCC[C@@H]1C. The maximum Gasteiger partial charge on any atom is 0.325 e. The Morgan fingerprint density at radius 1 is 1.21 bits per heavy atom. The van der Waals surface area contributed by atoms with E-state index in [1.54, 1.807) is 0 Å². The number of nitrogens with zero attached hydrogens (tertiary/aromatic N) is 1. The predicted octanol–water partition coefficient (Wildman–Crippen LogP) is -0.0653. The summed E-state index contributed by atoms with van der Waals surface area (Å²) < 4.78 is 26.4. The summed E-state index contributed by atoms with van der Waals surface area (Å²) in [6, 6.07) is -0.135. The number of aromatic amines is 2. The van der Waals surface area contributed by atoms with Crippen molar-refractivity contribution in [1.29, 1.82) is 0 Å². The largest absolute Gasteiger partial charge is 0.325 e. The summed E-state index contributed by atoms with van der Waals surface area (Å²) in [5.74, 6) is 0. The third kappa shape index (κ3) is 2.50. The average molecular weight is 287 g/mol. The molecule has 1 aromatic rings. The van der Waals surface area contributed by atoms with Crippen LogP contribution >= 0.6 is 0 Å². The van der Waals surface area contributed by atoms with Crippen LogP contribution in [0.25, 0.3) is 0 Å². The smallest absolute Gasteiger partial charge is 0.310 e. The minimum atomic E-state index is -3.87. The van der Waals surface area contributed by atoms with Crippen LogP contribution in [0.15, 0.2) is 14.5 Å². The van der Waals surface area contributed by atoms with Crippen molar-refractivity contribution >= 4 is 10.0 Å². The first-order chi connectivity index (χ1) is 8.84. The molecule has 0 saturated carbocycles. The minimum Gasteiger partial charge on any atom is -0.310 e. The highest BCUT2D eigenvalue weighted by atomic mass is 32.2. The Kier molecular flexibility index (Phi) is 3.64. The molecule has 0 amide bonds. The van der Waals surface area contributed by atoms with Crippen LogP contribution in [0, 0.1) is 6.92 Å². The predicted molar refractivity (Wildman–Crippen MR) is 69.6 cm³/mol. The second-order valence-corrected chi connectivity index (χ2v) is 6.65. The van der Waals surface area contributed by atoms with Crippen LogP contribution in [-0.4, -0.2) is 35.3 Å². The van der Waals surface area contributed by atoms with Crippen molar-refractivity contribution in [2.24, 2.45) is 0 Å². The monoisotopic (exact) mass is 287 g/mol. The second kappa shape index (κ2) is 4.93. The third-order valence-corrected chi connectivity index (χ3v) is 5.55. The van der Waals surface area contributed by atoms with Crippen LogP contribution in [0.1, 0.15) is 31.9 Å². The van der Waals surface area contributed by atoms with Crippen molar-refractivity contribution < 1.29 is 8.42 Å². The van der Waals surface area contributed by atoms with Crippen molar-refractivity contribution in [1.82, 2.24) is 14.3 Å². The van der Waals surface area contributed by atoms with Crippen molar-refractivity contribution in [3.8, 4) is 0 Å². The summed E-state index contributed by atoms with van der Waals surface area (Å²) in [6.07, 6.45) is 2.54. The molecule has 0 radical (unpaired) electrons. The van der Waals surface area contributed by atoms with E-state index >= 15 is 0 Å². The van der Waals surface area contributed by atoms with Gasteiger partial charge in [0.15, 0.2) is 4.90 Å². The van der Waals surface area contributed by atoms with Gasteiger partial charge >= 0.3 is 5.69 Å². The lowest BCUT2D eigenvalue weighted by molar-refractivity contribution is 0.268. The zero-order chi connectivity index (χ0) is 14.2. The van der Waals surface area contributed by atoms with Crippen molar-refractivity contribution in [3.05, 3.63) is 26.5 Å². The van der Waals surface area contributed by atoms with Gasteiger partial charge in [0.2, 0.25) is 0 Å². The zero-order valence-electron chi connectivity index (χ0n) is 10.9. The third-order valence-electron chi connectivity index (χ3n) is 3.38. The standard InChI is InChI=1S/C11H17N3O4S/c1-7-5-3-4-6-14(7)19(17,18)9-8(2)12-11(16)13-10(9)15/h7H,3-6H2,1-2H3,(H2,12,13,15,16)/t7-/m0/s1. The Morgan fingerprint density at radius 2 is 1.89 bits per heavy atom. The molecule has 0 spiro atoms. The van der Waals surface area contributed by atoms with Crippen molar-refractivity contribution in [3.63, 3.8) is 0 Å². The highest BCUT2D eigenvalue weighted by molar-refractivity contribution is 7.89. The Morgan fingerprint density at radius 3 is 2.47 bits per heavy atom. The lowest BCUT2D eigenvalue weighted by Gasteiger charge is -2.32. The maximum absolute atomic E-state index is 12.5. The first kappa shape index (κ1) is 14.0. The molecular weight excluding hydrogens is 270 g/mol. The average Bonchev–Trinajstić information content (AvgIpc) is 2.27. The number of aryl methyl sites for hydroxylation is 1. The highest BCUT2D eigenvalue weighted by Gasteiger charge is 2.34. The van der Waals surface area contributed by atoms with Gasteiger partial charge in [0.05, 0.1) is 0 Å². The van der Waals surface area contributed by atoms with E-state index in [4.69, 9.17) is 0 Å². The number of aromatic nitrogens is 2. The Bertz CT molecular complexity index is 689. The van der Waals surface area contributed by atoms with E-state index < -0.39 is 21.3 Å². The Labute approximate surface area is 110 Å². The molecule has 1 atom stereocenters. The molecule has 1 aromatic heterocycles. The molecule has 106 valence electrons. The first-order valence-electron chi connectivity index (χ1n) is 6.19. The second-order valence-electron chi connectivity index (χ2n) is 4.82. The van der Waals surface area contributed by atoms with Crippen LogP contribution in [0.4, 0.5) is 0 Å². The summed E-state index contributed by atoms with van der Waals surface area (Å²) in [5.41, 5.74) is -1.49. The quantitative estimate of drug-likeness (QED) is 0.795. The minimum absolute atomic E-state index is 0.0755. The van der Waals surface area contributed by atoms with Gasteiger partial charge in [0, 0.05) is 18.3 Å². The van der Waals surface area contributed by atoms with Gasteiger partial charge < -0.3 is 4.98 Å². The fourth-order valence-corrected chi connectivity index (χ4v) is 4.35. The summed E-state index contributed by atoms with van der Waals surface area (Å²) >= 11 is 0. The molecular formula is C11H17N3O4S. The summed E-state index contributed by atoms with van der Waals surface area (Å²) in [4.78, 5) is 26.8. The number of hydrogen-bond donors (Lipinski definition) is 2. The molecule has 1 saturated heterocycles. The number of hydrogen-bond acceptors (Lipinski definition) is 4. The van der Waals surface area contributed by atoms with E-state index in [-0.39, 0.29) is 16.6 Å². The summed E-state index contributed by atoms with van der Waals surface area (Å²) in [7, 11) is -3.87. The van der Waals surface area contributed by atoms with Crippen molar-refractivity contribution in [2.75, 3.05) is 6.54 Å². The van der Waals surface area contributed by atoms with E-state index in [1.165, 1.54) is 11.2 Å². The van der Waals surface area contributed by atoms with E-state index in [9.17, 15) is 18.0 Å². The Balaban J connectivity index is 2.57. The van der Waals surface area contributed by atoms with Crippen LogP contribution < -0.4 is 11.2 Å². The van der Waals surface area contributed by atoms with Gasteiger partial charge in [-0.15, -0.1) is 0 Å². The van der Waals surface area contributed by atoms with E-state index in [0.717, 1.165) is 19.3 Å². The molecule has 1 fully saturated rings. The molecule has 1 aliphatic heterocycles. The van der Waals surface area contributed by atoms with Crippen LogP contribution in [0.2, 0.25) is 0 Å². The molecule has 2 N–H and O–H groups in total. The van der Waals surface area contributed by atoms with Gasteiger partial charge in [0.1, 0.15) is 0 Å². The number of rotatable bonds is 2. The maximum atomic E-state index is 12.5. The molecule has 0 aliphatic carbocycles. The molecule has 2 rings (SSSR count). The van der Waals surface area contributed by atoms with Gasteiger partial charge in [-0.25, -0.2) is 13.2 Å². The molecule has 19 heavy (non-hydrogen) atoms. The lowest BCUT2D eigenvalue weighted by Crippen LogP contribution is -2.44. The molecule has 2 heterocycles. The number of sulfonamides is 1. The Hall–Kier alpha value is -1.41. The van der Waals surface area contributed by atoms with Crippen molar-refractivity contribution in [2.45, 2.75) is 44.0 Å². The number of piperidine rings is 1. The normalized spacial score (nSPS) is 21.5. The number of nitrogens with one attached hydrogen (secondary N) is 2. The molecule has 0 bridgehead atoms. The van der Waals surface area contributed by atoms with Gasteiger partial charge in [-0.1, -0.05) is 6.42 Å². The molecule has 0 aromatic carbocycles. The van der Waals surface area contributed by atoms with Gasteiger partial charge in [-0.05, 0) is 26.7 Å². The first-order valence-corrected chi connectivity index (χ1v) is 7.63. The lowest BCUT2D eigenvalue weighted by atomic mass is 10.1. The zero-order valence-corrected chi connectivity index (χ0v) is 11.7. The highest BCUT2D eigenvalue weighted by Crippen LogP contribution is 2.23. The van der Waals surface area contributed by atoms with Crippen LogP contribution in [0.5, 0.6) is 0 Å².